The number of hydrogen-bond acceptors (Lipinski definition) is 2. The number of amides is 2. The van der Waals surface area contributed by atoms with E-state index < -0.39 is 0 Å². The Balaban J connectivity index is 2.02. The van der Waals surface area contributed by atoms with Crippen LogP contribution in [0.25, 0.3) is 0 Å². The number of hydrogen-bond donors (Lipinski definition) is 1. The SMILES string of the molecule is Cc1ccc(NC(=O)N2CCSC2)cc1Cl. The van der Waals surface area contributed by atoms with Gasteiger partial charge in [-0.2, -0.15) is 0 Å². The molecular formula is C11H13ClN2OS. The lowest BCUT2D eigenvalue weighted by atomic mass is 10.2. The minimum atomic E-state index is -0.0510. The smallest absolute Gasteiger partial charge is 0.314 e. The van der Waals surface area contributed by atoms with Crippen molar-refractivity contribution in [1.29, 1.82) is 0 Å². The molecule has 1 heterocycles. The summed E-state index contributed by atoms with van der Waals surface area (Å²) in [7, 11) is 0. The number of carbonyl (C=O) groups is 1. The summed E-state index contributed by atoms with van der Waals surface area (Å²) in [5.41, 5.74) is 1.76. The van der Waals surface area contributed by atoms with Crippen molar-refractivity contribution in [1.82, 2.24) is 4.90 Å². The maximum atomic E-state index is 11.8. The van der Waals surface area contributed by atoms with Crippen LogP contribution in [0.2, 0.25) is 5.02 Å². The van der Waals surface area contributed by atoms with Crippen molar-refractivity contribution >= 4 is 35.1 Å². The second kappa shape index (κ2) is 4.97. The van der Waals surface area contributed by atoms with Gasteiger partial charge in [-0.3, -0.25) is 0 Å². The summed E-state index contributed by atoms with van der Waals surface area (Å²) in [5, 5.41) is 3.52. The quantitative estimate of drug-likeness (QED) is 0.837. The molecule has 1 aromatic rings. The number of urea groups is 1. The number of thioether (sulfide) groups is 1. The summed E-state index contributed by atoms with van der Waals surface area (Å²) in [6, 6.07) is 5.49. The molecule has 0 atom stereocenters. The van der Waals surface area contributed by atoms with E-state index in [0.29, 0.717) is 5.02 Å². The minimum Gasteiger partial charge on any atom is -0.314 e. The lowest BCUT2D eigenvalue weighted by Gasteiger charge is -2.15. The maximum Gasteiger partial charge on any atom is 0.322 e. The Morgan fingerprint density at radius 3 is 3.00 bits per heavy atom. The fourth-order valence-electron chi connectivity index (χ4n) is 1.45. The molecule has 2 rings (SSSR count). The molecule has 0 spiro atoms. The largest absolute Gasteiger partial charge is 0.322 e. The monoisotopic (exact) mass is 256 g/mol. The Morgan fingerprint density at radius 1 is 1.56 bits per heavy atom. The third-order valence-corrected chi connectivity index (χ3v) is 3.84. The average molecular weight is 257 g/mol. The van der Waals surface area contributed by atoms with Gasteiger partial charge in [0.2, 0.25) is 0 Å². The highest BCUT2D eigenvalue weighted by atomic mass is 35.5. The lowest BCUT2D eigenvalue weighted by Crippen LogP contribution is -2.32. The molecular weight excluding hydrogens is 244 g/mol. The molecule has 86 valence electrons. The van der Waals surface area contributed by atoms with Gasteiger partial charge >= 0.3 is 6.03 Å². The van der Waals surface area contributed by atoms with Crippen LogP contribution < -0.4 is 5.32 Å². The third kappa shape index (κ3) is 2.62. The second-order valence-corrected chi connectivity index (χ2v) is 5.18. The molecule has 0 saturated carbocycles. The van der Waals surface area contributed by atoms with E-state index in [1.807, 2.05) is 19.1 Å². The number of benzene rings is 1. The first-order valence-electron chi connectivity index (χ1n) is 5.06. The predicted octanol–water partition coefficient (Wildman–Crippen LogP) is 3.19. The van der Waals surface area contributed by atoms with Crippen molar-refractivity contribution in [3.05, 3.63) is 28.8 Å². The zero-order valence-electron chi connectivity index (χ0n) is 9.00. The van der Waals surface area contributed by atoms with Crippen LogP contribution in [-0.2, 0) is 0 Å². The molecule has 1 fully saturated rings. The van der Waals surface area contributed by atoms with E-state index in [0.717, 1.165) is 29.4 Å². The van der Waals surface area contributed by atoms with E-state index in [4.69, 9.17) is 11.6 Å². The van der Waals surface area contributed by atoms with Gasteiger partial charge in [0.1, 0.15) is 0 Å². The van der Waals surface area contributed by atoms with Crippen LogP contribution >= 0.6 is 23.4 Å². The maximum absolute atomic E-state index is 11.8. The van der Waals surface area contributed by atoms with Crippen LogP contribution in [0.4, 0.5) is 10.5 Å². The Labute approximate surface area is 104 Å². The first-order chi connectivity index (χ1) is 7.66. The molecule has 1 N–H and O–H groups in total. The van der Waals surface area contributed by atoms with Crippen molar-refractivity contribution in [2.75, 3.05) is 23.5 Å². The van der Waals surface area contributed by atoms with Crippen molar-refractivity contribution in [3.63, 3.8) is 0 Å². The molecule has 1 aromatic carbocycles. The van der Waals surface area contributed by atoms with Gasteiger partial charge in [-0.15, -0.1) is 11.8 Å². The standard InChI is InChI=1S/C11H13ClN2OS/c1-8-2-3-9(6-10(8)12)13-11(15)14-4-5-16-7-14/h2-3,6H,4-5,7H2,1H3,(H,13,15). The lowest BCUT2D eigenvalue weighted by molar-refractivity contribution is 0.225. The van der Waals surface area contributed by atoms with Crippen molar-refractivity contribution in [2.24, 2.45) is 0 Å². The van der Waals surface area contributed by atoms with Crippen molar-refractivity contribution < 1.29 is 4.79 Å². The number of carbonyl (C=O) groups excluding carboxylic acids is 1. The van der Waals surface area contributed by atoms with E-state index in [9.17, 15) is 4.79 Å². The normalized spacial score (nSPS) is 15.2. The van der Waals surface area contributed by atoms with Gasteiger partial charge in [-0.1, -0.05) is 17.7 Å². The van der Waals surface area contributed by atoms with E-state index >= 15 is 0 Å². The Bertz CT molecular complexity index is 405. The molecule has 0 unspecified atom stereocenters. The third-order valence-electron chi connectivity index (χ3n) is 2.46. The molecule has 1 aliphatic heterocycles. The molecule has 1 saturated heterocycles. The Hall–Kier alpha value is -0.870. The zero-order valence-corrected chi connectivity index (χ0v) is 10.6. The van der Waals surface area contributed by atoms with Gasteiger partial charge in [-0.25, -0.2) is 4.79 Å². The molecule has 0 radical (unpaired) electrons. The van der Waals surface area contributed by atoms with Crippen LogP contribution in [0.3, 0.4) is 0 Å². The molecule has 0 aromatic heterocycles. The van der Waals surface area contributed by atoms with Crippen LogP contribution in [0.15, 0.2) is 18.2 Å². The number of nitrogens with one attached hydrogen (secondary N) is 1. The highest BCUT2D eigenvalue weighted by molar-refractivity contribution is 7.99. The number of anilines is 1. The van der Waals surface area contributed by atoms with Gasteiger partial charge in [-0.05, 0) is 24.6 Å². The molecule has 1 aliphatic rings. The molecule has 0 bridgehead atoms. The first-order valence-corrected chi connectivity index (χ1v) is 6.60. The number of rotatable bonds is 1. The summed E-state index contributed by atoms with van der Waals surface area (Å²) in [6.45, 7) is 2.75. The van der Waals surface area contributed by atoms with Gasteiger partial charge in [0, 0.05) is 23.0 Å². The number of aryl methyl sites for hydroxylation is 1. The fraction of sp³-hybridized carbons (Fsp3) is 0.364. The van der Waals surface area contributed by atoms with E-state index in [1.54, 1.807) is 22.7 Å². The molecule has 5 heteroatoms. The minimum absolute atomic E-state index is 0.0510. The van der Waals surface area contributed by atoms with E-state index in [1.165, 1.54) is 0 Å². The number of nitrogens with zero attached hydrogens (tertiary/aromatic N) is 1. The second-order valence-electron chi connectivity index (χ2n) is 3.69. The van der Waals surface area contributed by atoms with Gasteiger partial charge in [0.15, 0.2) is 0 Å². The zero-order chi connectivity index (χ0) is 11.5. The summed E-state index contributed by atoms with van der Waals surface area (Å²) >= 11 is 7.75. The molecule has 16 heavy (non-hydrogen) atoms. The highest BCUT2D eigenvalue weighted by Crippen LogP contribution is 2.21. The van der Waals surface area contributed by atoms with Crippen LogP contribution in [-0.4, -0.2) is 29.1 Å². The van der Waals surface area contributed by atoms with E-state index in [-0.39, 0.29) is 6.03 Å². The van der Waals surface area contributed by atoms with Crippen LogP contribution in [0.1, 0.15) is 5.56 Å². The molecule has 2 amide bonds. The van der Waals surface area contributed by atoms with Crippen molar-refractivity contribution in [2.45, 2.75) is 6.92 Å². The molecule has 0 aliphatic carbocycles. The average Bonchev–Trinajstić information content (AvgIpc) is 2.77. The van der Waals surface area contributed by atoms with E-state index in [2.05, 4.69) is 5.32 Å². The topological polar surface area (TPSA) is 32.3 Å². The number of halogens is 1. The summed E-state index contributed by atoms with van der Waals surface area (Å²) in [6.07, 6.45) is 0. The van der Waals surface area contributed by atoms with Crippen molar-refractivity contribution in [3.8, 4) is 0 Å². The van der Waals surface area contributed by atoms with Gasteiger partial charge in [0.25, 0.3) is 0 Å². The highest BCUT2D eigenvalue weighted by Gasteiger charge is 2.18. The van der Waals surface area contributed by atoms with Crippen LogP contribution in [0, 0.1) is 6.92 Å². The van der Waals surface area contributed by atoms with Crippen LogP contribution in [0.5, 0.6) is 0 Å². The first kappa shape index (κ1) is 11.6. The fourth-order valence-corrected chi connectivity index (χ4v) is 2.57. The Morgan fingerprint density at radius 2 is 2.38 bits per heavy atom. The summed E-state index contributed by atoms with van der Waals surface area (Å²) < 4.78 is 0. The Kier molecular flexibility index (Phi) is 3.61. The van der Waals surface area contributed by atoms with Gasteiger partial charge in [0.05, 0.1) is 5.88 Å². The predicted molar refractivity (Wildman–Crippen MR) is 69.2 cm³/mol. The summed E-state index contributed by atoms with van der Waals surface area (Å²) in [4.78, 5) is 13.6. The summed E-state index contributed by atoms with van der Waals surface area (Å²) in [5.74, 6) is 1.79. The molecule has 3 nitrogen and oxygen atoms in total. The van der Waals surface area contributed by atoms with Gasteiger partial charge < -0.3 is 10.2 Å².